The van der Waals surface area contributed by atoms with Crippen LogP contribution in [0.5, 0.6) is 0 Å². The number of ether oxygens (including phenoxy) is 1. The minimum atomic E-state index is -1.09. The van der Waals surface area contributed by atoms with Gasteiger partial charge in [0.2, 0.25) is 0 Å². The predicted octanol–water partition coefficient (Wildman–Crippen LogP) is 2.36. The Balaban J connectivity index is 2.37. The van der Waals surface area contributed by atoms with Gasteiger partial charge in [-0.15, -0.1) is 0 Å². The highest BCUT2D eigenvalue weighted by molar-refractivity contribution is 6.35. The maximum Gasteiger partial charge on any atom is 0.329 e. The molecule has 0 aromatic heterocycles. The van der Waals surface area contributed by atoms with E-state index in [1.54, 1.807) is 0 Å². The molecule has 0 bridgehead atoms. The maximum atomic E-state index is 13.1. The van der Waals surface area contributed by atoms with E-state index in [2.05, 4.69) is 10.6 Å². The van der Waals surface area contributed by atoms with Crippen LogP contribution in [0.1, 0.15) is 0 Å². The summed E-state index contributed by atoms with van der Waals surface area (Å²) in [6, 6.07) is 1.84. The molecule has 0 aliphatic carbocycles. The van der Waals surface area contributed by atoms with Crippen LogP contribution in [0.3, 0.4) is 0 Å². The molecule has 1 rings (SSSR count). The summed E-state index contributed by atoms with van der Waals surface area (Å²) < 4.78 is 17.9. The quantitative estimate of drug-likeness (QED) is 0.553. The molecule has 110 valence electrons. The van der Waals surface area contributed by atoms with E-state index in [1.807, 2.05) is 0 Å². The Morgan fingerprint density at radius 3 is 2.45 bits per heavy atom. The van der Waals surface area contributed by atoms with Crippen molar-refractivity contribution in [2.24, 2.45) is 0 Å². The molecule has 0 saturated heterocycles. The van der Waals surface area contributed by atoms with Crippen molar-refractivity contribution in [3.63, 3.8) is 0 Å². The summed E-state index contributed by atoms with van der Waals surface area (Å²) in [6.07, 6.45) is 0. The molecule has 0 spiro atoms. The first kappa shape index (κ1) is 16.5. The Morgan fingerprint density at radius 1 is 1.30 bits per heavy atom. The molecule has 0 heterocycles. The fourth-order valence-electron chi connectivity index (χ4n) is 1.20. The lowest BCUT2D eigenvalue weighted by Crippen LogP contribution is -2.32. The lowest BCUT2D eigenvalue weighted by molar-refractivity contribution is -0.142. The number of carbonyl (C=O) groups excluding carboxylic acids is 1. The van der Waals surface area contributed by atoms with E-state index in [-0.39, 0.29) is 28.9 Å². The van der Waals surface area contributed by atoms with Crippen molar-refractivity contribution in [3.8, 4) is 0 Å². The molecule has 0 saturated carbocycles. The minimum Gasteiger partial charge on any atom is -0.480 e. The van der Waals surface area contributed by atoms with Gasteiger partial charge >= 0.3 is 12.0 Å². The summed E-state index contributed by atoms with van der Waals surface area (Å²) in [4.78, 5) is 21.6. The second kappa shape index (κ2) is 7.88. The van der Waals surface area contributed by atoms with Crippen molar-refractivity contribution in [1.29, 1.82) is 0 Å². The Bertz CT molecular complexity index is 490. The summed E-state index contributed by atoms with van der Waals surface area (Å²) in [5.74, 6) is -1.86. The molecule has 1 aromatic carbocycles. The second-order valence-electron chi connectivity index (χ2n) is 3.58. The molecule has 20 heavy (non-hydrogen) atoms. The Morgan fingerprint density at radius 2 is 1.90 bits per heavy atom. The molecular weight excluding hydrogens is 314 g/mol. The van der Waals surface area contributed by atoms with Crippen LogP contribution in [0.2, 0.25) is 10.0 Å². The standard InChI is InChI=1S/C11H11Cl2FN2O4/c12-7-3-6(4-8(13)10(7)14)16-11(19)15-1-2-20-5-9(17)18/h3-4H,1-2,5H2,(H,17,18)(H2,15,16,19). The molecule has 3 N–H and O–H groups in total. The third kappa shape index (κ3) is 5.60. The first-order chi connectivity index (χ1) is 9.40. The lowest BCUT2D eigenvalue weighted by atomic mass is 10.3. The number of carbonyl (C=O) groups is 2. The van der Waals surface area contributed by atoms with E-state index in [4.69, 9.17) is 33.0 Å². The molecule has 9 heteroatoms. The summed E-state index contributed by atoms with van der Waals surface area (Å²) >= 11 is 11.1. The Hall–Kier alpha value is -1.57. The largest absolute Gasteiger partial charge is 0.480 e. The smallest absolute Gasteiger partial charge is 0.329 e. The third-order valence-electron chi connectivity index (χ3n) is 2.00. The highest BCUT2D eigenvalue weighted by Crippen LogP contribution is 2.27. The monoisotopic (exact) mass is 324 g/mol. The normalized spacial score (nSPS) is 10.2. The number of nitrogens with one attached hydrogen (secondary N) is 2. The molecular formula is C11H11Cl2FN2O4. The maximum absolute atomic E-state index is 13.1. The molecule has 0 radical (unpaired) electrons. The number of urea groups is 1. The van der Waals surface area contributed by atoms with E-state index in [0.717, 1.165) is 0 Å². The summed E-state index contributed by atoms with van der Waals surface area (Å²) in [7, 11) is 0. The number of amides is 2. The topological polar surface area (TPSA) is 87.7 Å². The van der Waals surface area contributed by atoms with Gasteiger partial charge in [0.05, 0.1) is 16.7 Å². The van der Waals surface area contributed by atoms with Crippen molar-refractivity contribution in [2.75, 3.05) is 25.1 Å². The molecule has 2 amide bonds. The number of benzene rings is 1. The van der Waals surface area contributed by atoms with Gasteiger partial charge in [-0.25, -0.2) is 14.0 Å². The SMILES string of the molecule is O=C(O)COCCNC(=O)Nc1cc(Cl)c(F)c(Cl)c1. The zero-order valence-electron chi connectivity index (χ0n) is 10.1. The average Bonchev–Trinajstić information content (AvgIpc) is 2.35. The van der Waals surface area contributed by atoms with Gasteiger partial charge in [-0.2, -0.15) is 0 Å². The fraction of sp³-hybridized carbons (Fsp3) is 0.273. The van der Waals surface area contributed by atoms with Crippen LogP contribution in [-0.2, 0) is 9.53 Å². The number of hydrogen-bond acceptors (Lipinski definition) is 3. The number of carboxylic acid groups (broad SMARTS) is 1. The van der Waals surface area contributed by atoms with Gasteiger partial charge in [0, 0.05) is 12.2 Å². The van der Waals surface area contributed by atoms with Crippen LogP contribution in [0.15, 0.2) is 12.1 Å². The zero-order valence-corrected chi connectivity index (χ0v) is 11.6. The highest BCUT2D eigenvalue weighted by atomic mass is 35.5. The Labute approximate surface area is 123 Å². The van der Waals surface area contributed by atoms with Crippen LogP contribution in [0.25, 0.3) is 0 Å². The van der Waals surface area contributed by atoms with Gasteiger partial charge in [-0.1, -0.05) is 23.2 Å². The number of halogens is 3. The van der Waals surface area contributed by atoms with E-state index >= 15 is 0 Å². The molecule has 0 aliphatic heterocycles. The highest BCUT2D eigenvalue weighted by Gasteiger charge is 2.09. The van der Waals surface area contributed by atoms with Crippen LogP contribution >= 0.6 is 23.2 Å². The van der Waals surface area contributed by atoms with Gasteiger partial charge in [-0.05, 0) is 12.1 Å². The minimum absolute atomic E-state index is 0.0463. The van der Waals surface area contributed by atoms with Crippen molar-refractivity contribution in [2.45, 2.75) is 0 Å². The van der Waals surface area contributed by atoms with Crippen molar-refractivity contribution in [1.82, 2.24) is 5.32 Å². The second-order valence-corrected chi connectivity index (χ2v) is 4.40. The first-order valence-electron chi connectivity index (χ1n) is 5.39. The van der Waals surface area contributed by atoms with E-state index in [1.165, 1.54) is 12.1 Å². The number of hydrogen-bond donors (Lipinski definition) is 3. The summed E-state index contributed by atoms with van der Waals surface area (Å²) in [6.45, 7) is -0.279. The Kier molecular flexibility index (Phi) is 6.50. The van der Waals surface area contributed by atoms with Gasteiger partial charge in [0.25, 0.3) is 0 Å². The number of rotatable bonds is 6. The van der Waals surface area contributed by atoms with Gasteiger partial charge in [0.15, 0.2) is 5.82 Å². The first-order valence-corrected chi connectivity index (χ1v) is 6.14. The van der Waals surface area contributed by atoms with Crippen molar-refractivity contribution in [3.05, 3.63) is 28.0 Å². The molecule has 1 aromatic rings. The lowest BCUT2D eigenvalue weighted by Gasteiger charge is -2.09. The van der Waals surface area contributed by atoms with Crippen molar-refractivity contribution >= 4 is 40.9 Å². The fourth-order valence-corrected chi connectivity index (χ4v) is 1.69. The zero-order chi connectivity index (χ0) is 15.1. The molecule has 0 unspecified atom stereocenters. The third-order valence-corrected chi connectivity index (χ3v) is 2.55. The van der Waals surface area contributed by atoms with E-state index in [0.29, 0.717) is 0 Å². The number of anilines is 1. The van der Waals surface area contributed by atoms with E-state index in [9.17, 15) is 14.0 Å². The molecule has 0 fully saturated rings. The molecule has 0 atom stereocenters. The summed E-state index contributed by atoms with van der Waals surface area (Å²) in [5.41, 5.74) is 0.227. The van der Waals surface area contributed by atoms with Crippen molar-refractivity contribution < 1.29 is 23.8 Å². The van der Waals surface area contributed by atoms with Crippen LogP contribution < -0.4 is 10.6 Å². The van der Waals surface area contributed by atoms with Gasteiger partial charge in [0.1, 0.15) is 6.61 Å². The average molecular weight is 325 g/mol. The van der Waals surface area contributed by atoms with Crippen LogP contribution in [0.4, 0.5) is 14.9 Å². The molecule has 6 nitrogen and oxygen atoms in total. The predicted molar refractivity (Wildman–Crippen MR) is 71.9 cm³/mol. The van der Waals surface area contributed by atoms with Gasteiger partial charge < -0.3 is 20.5 Å². The van der Waals surface area contributed by atoms with E-state index < -0.39 is 24.4 Å². The molecule has 0 aliphatic rings. The van der Waals surface area contributed by atoms with Gasteiger partial charge in [-0.3, -0.25) is 0 Å². The number of aliphatic carboxylic acids is 1. The van der Waals surface area contributed by atoms with Crippen LogP contribution in [0, 0.1) is 5.82 Å². The number of carboxylic acids is 1. The summed E-state index contributed by atoms with van der Waals surface area (Å²) in [5, 5.41) is 12.7. The van der Waals surface area contributed by atoms with Crippen LogP contribution in [-0.4, -0.2) is 36.9 Å².